The summed E-state index contributed by atoms with van der Waals surface area (Å²) in [7, 11) is -3.37. The maximum atomic E-state index is 12.8. The number of rotatable bonds is 6. The molecule has 1 aromatic rings. The zero-order valence-corrected chi connectivity index (χ0v) is 17.0. The highest BCUT2D eigenvalue weighted by molar-refractivity contribution is 7.88. The first kappa shape index (κ1) is 20.3. The molecule has 0 aromatic carbocycles. The first-order chi connectivity index (χ1) is 12.8. The fourth-order valence-electron chi connectivity index (χ4n) is 4.27. The van der Waals surface area contributed by atoms with Crippen LogP contribution in [0.2, 0.25) is 0 Å². The molecule has 27 heavy (non-hydrogen) atoms. The van der Waals surface area contributed by atoms with E-state index in [0.717, 1.165) is 37.6 Å². The summed E-state index contributed by atoms with van der Waals surface area (Å²) in [5.41, 5.74) is 1.55. The quantitative estimate of drug-likeness (QED) is 0.751. The Balaban J connectivity index is 1.80. The molecule has 0 radical (unpaired) electrons. The maximum absolute atomic E-state index is 12.8. The molecule has 6 nitrogen and oxygen atoms in total. The minimum atomic E-state index is -3.37. The SMILES string of the molecule is C=CC1CCC(OC[C@H]2[C@@H](NS(C)(=O)=O)CCc3ccc(C)c(=O)n32)CC1. The van der Waals surface area contributed by atoms with Gasteiger partial charge in [-0.1, -0.05) is 12.1 Å². The van der Waals surface area contributed by atoms with Crippen LogP contribution in [-0.2, 0) is 21.2 Å². The number of pyridine rings is 1. The van der Waals surface area contributed by atoms with Crippen LogP contribution in [0.1, 0.15) is 49.4 Å². The van der Waals surface area contributed by atoms with Crippen LogP contribution in [0, 0.1) is 12.8 Å². The van der Waals surface area contributed by atoms with Crippen LogP contribution in [0.25, 0.3) is 0 Å². The number of fused-ring (bicyclic) bond motifs is 1. The minimum absolute atomic E-state index is 0.0588. The van der Waals surface area contributed by atoms with E-state index < -0.39 is 10.0 Å². The molecule has 3 rings (SSSR count). The summed E-state index contributed by atoms with van der Waals surface area (Å²) in [6.45, 7) is 6.00. The highest BCUT2D eigenvalue weighted by atomic mass is 32.2. The van der Waals surface area contributed by atoms with Crippen molar-refractivity contribution in [3.63, 3.8) is 0 Å². The Bertz CT molecular complexity index is 838. The third kappa shape index (κ3) is 4.89. The van der Waals surface area contributed by atoms with E-state index in [1.165, 1.54) is 0 Å². The Morgan fingerprint density at radius 1 is 1.26 bits per heavy atom. The predicted octanol–water partition coefficient (Wildman–Crippen LogP) is 2.32. The lowest BCUT2D eigenvalue weighted by atomic mass is 9.87. The number of sulfonamides is 1. The number of hydrogen-bond acceptors (Lipinski definition) is 4. The standard InChI is InChI=1S/C20H30N2O4S/c1-4-15-6-10-17(11-7-15)26-13-19-18(21-27(3,24)25)12-9-16-8-5-14(2)20(23)22(16)19/h4-5,8,15,17-19,21H,1,6-7,9-13H2,2-3H3/t15?,17?,18-,19-/m0/s1. The molecule has 150 valence electrons. The van der Waals surface area contributed by atoms with Gasteiger partial charge in [0, 0.05) is 17.3 Å². The summed E-state index contributed by atoms with van der Waals surface area (Å²) < 4.78 is 34.3. The summed E-state index contributed by atoms with van der Waals surface area (Å²) in [6.07, 6.45) is 8.76. The monoisotopic (exact) mass is 394 g/mol. The van der Waals surface area contributed by atoms with E-state index in [1.807, 2.05) is 18.2 Å². The first-order valence-electron chi connectivity index (χ1n) is 9.71. The molecule has 0 spiro atoms. The summed E-state index contributed by atoms with van der Waals surface area (Å²) >= 11 is 0. The normalized spacial score (nSPS) is 28.5. The number of aromatic nitrogens is 1. The van der Waals surface area contributed by atoms with Crippen LogP contribution in [0.3, 0.4) is 0 Å². The van der Waals surface area contributed by atoms with Crippen LogP contribution >= 0.6 is 0 Å². The molecular formula is C20H30N2O4S. The average molecular weight is 395 g/mol. The van der Waals surface area contributed by atoms with Gasteiger partial charge in [-0.2, -0.15) is 0 Å². The number of ether oxygens (including phenoxy) is 1. The molecule has 2 heterocycles. The Kier molecular flexibility index (Phi) is 6.23. The van der Waals surface area contributed by atoms with Crippen LogP contribution in [0.4, 0.5) is 0 Å². The summed E-state index contributed by atoms with van der Waals surface area (Å²) in [5.74, 6) is 0.560. The molecule has 7 heteroatoms. The predicted molar refractivity (Wildman–Crippen MR) is 106 cm³/mol. The number of nitrogens with zero attached hydrogens (tertiary/aromatic N) is 1. The number of hydrogen-bond donors (Lipinski definition) is 1. The zero-order valence-electron chi connectivity index (χ0n) is 16.2. The molecule has 1 saturated carbocycles. The number of allylic oxidation sites excluding steroid dienone is 1. The molecular weight excluding hydrogens is 364 g/mol. The topological polar surface area (TPSA) is 77.4 Å². The molecule has 0 unspecified atom stereocenters. The van der Waals surface area contributed by atoms with Gasteiger partial charge < -0.3 is 9.30 Å². The molecule has 0 amide bonds. The highest BCUT2D eigenvalue weighted by Crippen LogP contribution is 2.29. The van der Waals surface area contributed by atoms with Crippen molar-refractivity contribution in [2.24, 2.45) is 5.92 Å². The molecule has 1 aliphatic heterocycles. The van der Waals surface area contributed by atoms with Crippen LogP contribution in [0.15, 0.2) is 29.6 Å². The molecule has 1 N–H and O–H groups in total. The molecule has 0 bridgehead atoms. The van der Waals surface area contributed by atoms with E-state index in [4.69, 9.17) is 4.74 Å². The number of aryl methyl sites for hydroxylation is 2. The van der Waals surface area contributed by atoms with E-state index in [9.17, 15) is 13.2 Å². The van der Waals surface area contributed by atoms with Gasteiger partial charge in [0.1, 0.15) is 0 Å². The molecule has 1 aliphatic carbocycles. The van der Waals surface area contributed by atoms with Crippen LogP contribution in [0.5, 0.6) is 0 Å². The second kappa shape index (κ2) is 8.29. The minimum Gasteiger partial charge on any atom is -0.376 e. The van der Waals surface area contributed by atoms with Gasteiger partial charge in [-0.15, -0.1) is 6.58 Å². The molecule has 1 aromatic heterocycles. The van der Waals surface area contributed by atoms with Crippen LogP contribution in [-0.4, -0.2) is 38.0 Å². The average Bonchev–Trinajstić information content (AvgIpc) is 2.63. The van der Waals surface area contributed by atoms with E-state index in [-0.39, 0.29) is 23.7 Å². The summed E-state index contributed by atoms with van der Waals surface area (Å²) in [4.78, 5) is 12.8. The lowest BCUT2D eigenvalue weighted by Gasteiger charge is -2.37. The lowest BCUT2D eigenvalue weighted by molar-refractivity contribution is -0.00351. The summed E-state index contributed by atoms with van der Waals surface area (Å²) in [5, 5.41) is 0. The van der Waals surface area contributed by atoms with Gasteiger partial charge in [0.25, 0.3) is 5.56 Å². The lowest BCUT2D eigenvalue weighted by Crippen LogP contribution is -2.49. The molecule has 2 aliphatic rings. The van der Waals surface area contributed by atoms with Crippen molar-refractivity contribution in [2.45, 2.75) is 63.6 Å². The fraction of sp³-hybridized carbons (Fsp3) is 0.650. The van der Waals surface area contributed by atoms with Gasteiger partial charge >= 0.3 is 0 Å². The second-order valence-corrected chi connectivity index (χ2v) is 9.67. The van der Waals surface area contributed by atoms with Gasteiger partial charge in [0.2, 0.25) is 10.0 Å². The van der Waals surface area contributed by atoms with Crippen molar-refractivity contribution in [3.8, 4) is 0 Å². The Morgan fingerprint density at radius 3 is 2.59 bits per heavy atom. The Hall–Kier alpha value is -1.44. The van der Waals surface area contributed by atoms with Gasteiger partial charge in [-0.25, -0.2) is 13.1 Å². The van der Waals surface area contributed by atoms with Crippen LogP contribution < -0.4 is 10.3 Å². The fourth-order valence-corrected chi connectivity index (χ4v) is 5.09. The van der Waals surface area contributed by atoms with Gasteiger partial charge in [-0.3, -0.25) is 4.79 Å². The van der Waals surface area contributed by atoms with Crippen molar-refractivity contribution in [1.82, 2.24) is 9.29 Å². The molecule has 2 atom stereocenters. The first-order valence-corrected chi connectivity index (χ1v) is 11.6. The largest absolute Gasteiger partial charge is 0.376 e. The van der Waals surface area contributed by atoms with Crippen molar-refractivity contribution < 1.29 is 13.2 Å². The van der Waals surface area contributed by atoms with Crippen molar-refractivity contribution in [2.75, 3.05) is 12.9 Å². The van der Waals surface area contributed by atoms with Gasteiger partial charge in [-0.05, 0) is 57.4 Å². The Morgan fingerprint density at radius 2 is 1.96 bits per heavy atom. The Labute approximate surface area is 161 Å². The third-order valence-electron chi connectivity index (χ3n) is 5.82. The van der Waals surface area contributed by atoms with E-state index in [1.54, 1.807) is 11.5 Å². The number of nitrogens with one attached hydrogen (secondary N) is 1. The zero-order chi connectivity index (χ0) is 19.6. The van der Waals surface area contributed by atoms with Gasteiger partial charge in [0.15, 0.2) is 0 Å². The van der Waals surface area contributed by atoms with E-state index >= 15 is 0 Å². The van der Waals surface area contributed by atoms with Crippen molar-refractivity contribution in [1.29, 1.82) is 0 Å². The van der Waals surface area contributed by atoms with Gasteiger partial charge in [0.05, 0.1) is 25.0 Å². The smallest absolute Gasteiger partial charge is 0.254 e. The molecule has 1 fully saturated rings. The van der Waals surface area contributed by atoms with Crippen molar-refractivity contribution >= 4 is 10.0 Å². The second-order valence-electron chi connectivity index (χ2n) is 7.89. The third-order valence-corrected chi connectivity index (χ3v) is 6.55. The summed E-state index contributed by atoms with van der Waals surface area (Å²) in [6, 6.07) is 3.15. The maximum Gasteiger partial charge on any atom is 0.254 e. The molecule has 0 saturated heterocycles. The van der Waals surface area contributed by atoms with E-state index in [2.05, 4.69) is 11.3 Å². The highest BCUT2D eigenvalue weighted by Gasteiger charge is 2.33. The van der Waals surface area contributed by atoms with E-state index in [0.29, 0.717) is 30.9 Å². The van der Waals surface area contributed by atoms with Crippen molar-refractivity contribution in [3.05, 3.63) is 46.4 Å².